The van der Waals surface area contributed by atoms with E-state index < -0.39 is 0 Å². The van der Waals surface area contributed by atoms with Crippen LogP contribution in [0.3, 0.4) is 0 Å². The number of carbonyl (C=O) groups excluding carboxylic acids is 1. The van der Waals surface area contributed by atoms with Crippen molar-refractivity contribution in [3.05, 3.63) is 18.0 Å². The summed E-state index contributed by atoms with van der Waals surface area (Å²) in [4.78, 5) is 12.1. The molecule has 1 aliphatic rings. The number of ketones is 1. The molecule has 0 amide bonds. The Morgan fingerprint density at radius 3 is 3.00 bits per heavy atom. The number of methoxy groups -OCH3 is 1. The fourth-order valence-corrected chi connectivity index (χ4v) is 2.19. The molecule has 1 N–H and O–H groups in total. The molecule has 0 aromatic carbocycles. The highest BCUT2D eigenvalue weighted by molar-refractivity contribution is 5.86. The van der Waals surface area contributed by atoms with E-state index in [-0.39, 0.29) is 17.9 Å². The lowest BCUT2D eigenvalue weighted by Gasteiger charge is -2.08. The number of nitrogens with zero attached hydrogens (tertiary/aromatic N) is 2. The highest BCUT2D eigenvalue weighted by Crippen LogP contribution is 2.13. The van der Waals surface area contributed by atoms with Gasteiger partial charge in [-0.3, -0.25) is 9.48 Å². The van der Waals surface area contributed by atoms with Crippen LogP contribution >= 0.6 is 0 Å². The lowest BCUT2D eigenvalue weighted by atomic mass is 10.1. The molecule has 2 atom stereocenters. The van der Waals surface area contributed by atoms with Crippen molar-refractivity contribution in [2.45, 2.75) is 44.9 Å². The summed E-state index contributed by atoms with van der Waals surface area (Å²) in [6, 6.07) is 2.16. The Balaban J connectivity index is 1.91. The van der Waals surface area contributed by atoms with Crippen molar-refractivity contribution >= 4 is 5.78 Å². The van der Waals surface area contributed by atoms with E-state index in [1.807, 2.05) is 16.9 Å². The normalized spacial score (nSPS) is 23.8. The molecule has 5 heteroatoms. The van der Waals surface area contributed by atoms with Gasteiger partial charge >= 0.3 is 0 Å². The highest BCUT2D eigenvalue weighted by Gasteiger charge is 2.29. The first kappa shape index (κ1) is 13.2. The summed E-state index contributed by atoms with van der Waals surface area (Å²) in [5, 5.41) is 7.60. The minimum Gasteiger partial charge on any atom is -0.380 e. The maximum Gasteiger partial charge on any atom is 0.155 e. The van der Waals surface area contributed by atoms with E-state index in [9.17, 15) is 4.79 Å². The van der Waals surface area contributed by atoms with Gasteiger partial charge in [0.2, 0.25) is 0 Å². The fourth-order valence-electron chi connectivity index (χ4n) is 2.19. The molecular formula is C13H21N3O2. The molecule has 0 spiro atoms. The Labute approximate surface area is 108 Å². The van der Waals surface area contributed by atoms with E-state index in [0.717, 1.165) is 18.7 Å². The average molecular weight is 251 g/mol. The topological polar surface area (TPSA) is 56.1 Å². The lowest BCUT2D eigenvalue weighted by molar-refractivity contribution is -0.120. The zero-order chi connectivity index (χ0) is 13.1. The minimum atomic E-state index is -0.0841. The van der Waals surface area contributed by atoms with Crippen LogP contribution in [0.15, 0.2) is 12.3 Å². The molecule has 2 unspecified atom stereocenters. The van der Waals surface area contributed by atoms with E-state index in [1.165, 1.54) is 0 Å². The van der Waals surface area contributed by atoms with Crippen LogP contribution in [0.2, 0.25) is 0 Å². The molecule has 100 valence electrons. The van der Waals surface area contributed by atoms with Crippen molar-refractivity contribution < 1.29 is 9.53 Å². The number of rotatable bonds is 5. The maximum atomic E-state index is 12.1. The van der Waals surface area contributed by atoms with Crippen LogP contribution in [0, 0.1) is 0 Å². The molecule has 0 aliphatic carbocycles. The molecule has 1 saturated heterocycles. The zero-order valence-electron chi connectivity index (χ0n) is 11.2. The predicted octanol–water partition coefficient (Wildman–Crippen LogP) is 0.952. The molecule has 0 radical (unpaired) electrons. The Bertz CT molecular complexity index is 414. The second-order valence-corrected chi connectivity index (χ2v) is 5.08. The highest BCUT2D eigenvalue weighted by atomic mass is 16.5. The van der Waals surface area contributed by atoms with Crippen molar-refractivity contribution in [2.24, 2.45) is 0 Å². The van der Waals surface area contributed by atoms with Gasteiger partial charge in [0.05, 0.1) is 24.3 Å². The van der Waals surface area contributed by atoms with Gasteiger partial charge < -0.3 is 10.1 Å². The van der Waals surface area contributed by atoms with Crippen molar-refractivity contribution in [2.75, 3.05) is 13.7 Å². The number of nitrogens with one attached hydrogen (secondary N) is 1. The smallest absolute Gasteiger partial charge is 0.155 e. The number of hydrogen-bond acceptors (Lipinski definition) is 4. The third-order valence-electron chi connectivity index (χ3n) is 3.36. The van der Waals surface area contributed by atoms with Gasteiger partial charge in [-0.1, -0.05) is 0 Å². The average Bonchev–Trinajstić information content (AvgIpc) is 2.96. The van der Waals surface area contributed by atoms with Gasteiger partial charge in [0.1, 0.15) is 0 Å². The van der Waals surface area contributed by atoms with Crippen LogP contribution in [0.25, 0.3) is 0 Å². The Kier molecular flexibility index (Phi) is 4.14. The number of ether oxygens (including phenoxy) is 1. The molecule has 1 fully saturated rings. The van der Waals surface area contributed by atoms with Crippen LogP contribution in [-0.2, 0) is 16.0 Å². The van der Waals surface area contributed by atoms with Crippen LogP contribution in [0.5, 0.6) is 0 Å². The van der Waals surface area contributed by atoms with E-state index in [4.69, 9.17) is 4.74 Å². The number of carbonyl (C=O) groups is 1. The largest absolute Gasteiger partial charge is 0.380 e. The monoisotopic (exact) mass is 251 g/mol. The summed E-state index contributed by atoms with van der Waals surface area (Å²) in [6.07, 6.45) is 3.24. The van der Waals surface area contributed by atoms with E-state index in [2.05, 4.69) is 24.3 Å². The Morgan fingerprint density at radius 1 is 1.67 bits per heavy atom. The van der Waals surface area contributed by atoms with E-state index >= 15 is 0 Å². The molecule has 5 nitrogen and oxygen atoms in total. The standard InChI is InChI=1S/C13H21N3O2/c1-9(2)16-5-4-10(15-16)6-13(17)12-7-11(18-3)8-14-12/h4-5,9,11-12,14H,6-8H2,1-3H3. The van der Waals surface area contributed by atoms with Crippen LogP contribution in [0.1, 0.15) is 32.0 Å². The number of Topliss-reactive ketones (excluding diaryl/α,β-unsaturated/α-hetero) is 1. The van der Waals surface area contributed by atoms with Crippen LogP contribution in [0.4, 0.5) is 0 Å². The molecule has 1 aliphatic heterocycles. The predicted molar refractivity (Wildman–Crippen MR) is 68.5 cm³/mol. The molecule has 2 heterocycles. The number of aromatic nitrogens is 2. The van der Waals surface area contributed by atoms with Gasteiger partial charge in [0.15, 0.2) is 5.78 Å². The van der Waals surface area contributed by atoms with E-state index in [1.54, 1.807) is 7.11 Å². The Hall–Kier alpha value is -1.20. The molecule has 1 aromatic heterocycles. The summed E-state index contributed by atoms with van der Waals surface area (Å²) in [5.74, 6) is 0.198. The first-order valence-electron chi connectivity index (χ1n) is 6.43. The molecule has 0 bridgehead atoms. The minimum absolute atomic E-state index is 0.0841. The first-order valence-corrected chi connectivity index (χ1v) is 6.43. The molecule has 0 saturated carbocycles. The summed E-state index contributed by atoms with van der Waals surface area (Å²) >= 11 is 0. The van der Waals surface area contributed by atoms with Gasteiger partial charge in [-0.2, -0.15) is 5.10 Å². The van der Waals surface area contributed by atoms with Crippen LogP contribution in [-0.4, -0.2) is 41.4 Å². The van der Waals surface area contributed by atoms with Gasteiger partial charge in [-0.15, -0.1) is 0 Å². The summed E-state index contributed by atoms with van der Waals surface area (Å²) in [5.41, 5.74) is 0.844. The fraction of sp³-hybridized carbons (Fsp3) is 0.692. The molecular weight excluding hydrogens is 230 g/mol. The molecule has 2 rings (SSSR count). The number of hydrogen-bond donors (Lipinski definition) is 1. The second-order valence-electron chi connectivity index (χ2n) is 5.08. The van der Waals surface area contributed by atoms with Gasteiger partial charge in [0, 0.05) is 25.9 Å². The van der Waals surface area contributed by atoms with E-state index in [0.29, 0.717) is 12.5 Å². The first-order chi connectivity index (χ1) is 8.60. The summed E-state index contributed by atoms with van der Waals surface area (Å²) in [6.45, 7) is 4.90. The van der Waals surface area contributed by atoms with Crippen molar-refractivity contribution in [1.29, 1.82) is 0 Å². The van der Waals surface area contributed by atoms with Gasteiger partial charge in [-0.05, 0) is 26.3 Å². The maximum absolute atomic E-state index is 12.1. The molecule has 1 aromatic rings. The third kappa shape index (κ3) is 2.97. The Morgan fingerprint density at radius 2 is 2.44 bits per heavy atom. The van der Waals surface area contributed by atoms with Gasteiger partial charge in [-0.25, -0.2) is 0 Å². The second kappa shape index (κ2) is 5.63. The van der Waals surface area contributed by atoms with Crippen molar-refractivity contribution in [3.8, 4) is 0 Å². The third-order valence-corrected chi connectivity index (χ3v) is 3.36. The van der Waals surface area contributed by atoms with Crippen LogP contribution < -0.4 is 5.32 Å². The quantitative estimate of drug-likeness (QED) is 0.846. The lowest BCUT2D eigenvalue weighted by Crippen LogP contribution is -2.32. The van der Waals surface area contributed by atoms with Crippen molar-refractivity contribution in [3.63, 3.8) is 0 Å². The summed E-state index contributed by atoms with van der Waals surface area (Å²) < 4.78 is 7.12. The summed E-state index contributed by atoms with van der Waals surface area (Å²) in [7, 11) is 1.68. The molecule has 18 heavy (non-hydrogen) atoms. The van der Waals surface area contributed by atoms with Gasteiger partial charge in [0.25, 0.3) is 0 Å². The SMILES string of the molecule is COC1CNC(C(=O)Cc2ccn(C(C)C)n2)C1. The zero-order valence-corrected chi connectivity index (χ0v) is 11.2. The van der Waals surface area contributed by atoms with Crippen molar-refractivity contribution in [1.82, 2.24) is 15.1 Å².